The van der Waals surface area contributed by atoms with E-state index in [0.717, 1.165) is 69.1 Å². The summed E-state index contributed by atoms with van der Waals surface area (Å²) in [6, 6.07) is 8.65. The van der Waals surface area contributed by atoms with Gasteiger partial charge in [-0.1, -0.05) is 23.7 Å². The number of rotatable bonds is 8. The van der Waals surface area contributed by atoms with Gasteiger partial charge in [-0.25, -0.2) is 0 Å². The number of hydrogen-bond donors (Lipinski definition) is 2. The fourth-order valence-corrected chi connectivity index (χ4v) is 3.37. The normalized spacial score (nSPS) is 19.5. The zero-order valence-electron chi connectivity index (χ0n) is 15.7. The number of aliphatic imine (C=N–C) groups is 1. The molecule has 0 bridgehead atoms. The Hall–Kier alpha value is -1.30. The van der Waals surface area contributed by atoms with Gasteiger partial charge in [-0.15, -0.1) is 0 Å². The van der Waals surface area contributed by atoms with Crippen LogP contribution >= 0.6 is 11.6 Å². The monoisotopic (exact) mass is 378 g/mol. The number of nitrogens with zero attached hydrogens (tertiary/aromatic N) is 2. The van der Waals surface area contributed by atoms with Gasteiger partial charge in [-0.05, 0) is 49.3 Å². The van der Waals surface area contributed by atoms with E-state index in [1.807, 2.05) is 19.2 Å². The topological polar surface area (TPSA) is 48.9 Å². The van der Waals surface area contributed by atoms with Crippen LogP contribution in [0.4, 0.5) is 0 Å². The van der Waals surface area contributed by atoms with Gasteiger partial charge in [-0.3, -0.25) is 9.89 Å². The lowest BCUT2D eigenvalue weighted by atomic mass is 10.0. The third kappa shape index (κ3) is 6.78. The molecule has 3 rings (SSSR count). The number of hydrogen-bond acceptors (Lipinski definition) is 3. The van der Waals surface area contributed by atoms with Crippen molar-refractivity contribution < 1.29 is 4.74 Å². The highest BCUT2D eigenvalue weighted by molar-refractivity contribution is 6.30. The second-order valence-electron chi connectivity index (χ2n) is 7.34. The van der Waals surface area contributed by atoms with Gasteiger partial charge in [0.05, 0.1) is 6.61 Å². The molecule has 0 amide bonds. The van der Waals surface area contributed by atoms with Crippen LogP contribution in [-0.4, -0.2) is 56.8 Å². The summed E-state index contributed by atoms with van der Waals surface area (Å²) in [5.41, 5.74) is 1.32. The molecule has 5 nitrogen and oxygen atoms in total. The van der Waals surface area contributed by atoms with E-state index >= 15 is 0 Å². The van der Waals surface area contributed by atoms with Gasteiger partial charge < -0.3 is 15.4 Å². The van der Waals surface area contributed by atoms with Crippen LogP contribution in [0.3, 0.4) is 0 Å². The largest absolute Gasteiger partial charge is 0.379 e. The summed E-state index contributed by atoms with van der Waals surface area (Å²) < 4.78 is 5.66. The molecular formula is C20H31ClN4O. The first-order valence-electron chi connectivity index (χ1n) is 9.74. The lowest BCUT2D eigenvalue weighted by molar-refractivity contribution is 0.129. The smallest absolute Gasteiger partial charge is 0.191 e. The average Bonchev–Trinajstić information content (AvgIpc) is 3.48. The van der Waals surface area contributed by atoms with Crippen molar-refractivity contribution in [1.29, 1.82) is 0 Å². The standard InChI is InChI=1S/C20H31ClN4O/c1-22-20(23-10-13-26-15-17-2-3-17)24-19-8-11-25(12-9-19)14-16-4-6-18(21)7-5-16/h4-7,17,19H,2-3,8-15H2,1H3,(H2,22,23,24). The van der Waals surface area contributed by atoms with E-state index in [4.69, 9.17) is 16.3 Å². The van der Waals surface area contributed by atoms with Crippen molar-refractivity contribution in [3.8, 4) is 0 Å². The zero-order chi connectivity index (χ0) is 18.2. The number of benzene rings is 1. The van der Waals surface area contributed by atoms with Gasteiger partial charge in [0.15, 0.2) is 5.96 Å². The third-order valence-corrected chi connectivity index (χ3v) is 5.31. The second-order valence-corrected chi connectivity index (χ2v) is 7.77. The van der Waals surface area contributed by atoms with E-state index in [2.05, 4.69) is 32.7 Å². The molecule has 0 spiro atoms. The number of piperidine rings is 1. The highest BCUT2D eigenvalue weighted by Crippen LogP contribution is 2.28. The molecule has 2 fully saturated rings. The summed E-state index contributed by atoms with van der Waals surface area (Å²) in [5, 5.41) is 7.70. The molecule has 2 N–H and O–H groups in total. The van der Waals surface area contributed by atoms with Crippen molar-refractivity contribution in [2.75, 3.05) is 39.9 Å². The number of halogens is 1. The molecule has 1 aromatic carbocycles. The molecule has 2 aliphatic rings. The Kier molecular flexibility index (Phi) is 7.59. The van der Waals surface area contributed by atoms with Gasteiger partial charge in [0.2, 0.25) is 0 Å². The van der Waals surface area contributed by atoms with Gasteiger partial charge in [-0.2, -0.15) is 0 Å². The minimum atomic E-state index is 0.482. The summed E-state index contributed by atoms with van der Waals surface area (Å²) in [5.74, 6) is 1.71. The van der Waals surface area contributed by atoms with E-state index in [0.29, 0.717) is 6.04 Å². The Morgan fingerprint density at radius 3 is 2.58 bits per heavy atom. The van der Waals surface area contributed by atoms with Gasteiger partial charge in [0, 0.05) is 50.9 Å². The lowest BCUT2D eigenvalue weighted by Crippen LogP contribution is -2.49. The van der Waals surface area contributed by atoms with Crippen LogP contribution in [-0.2, 0) is 11.3 Å². The minimum Gasteiger partial charge on any atom is -0.379 e. The third-order valence-electron chi connectivity index (χ3n) is 5.06. The van der Waals surface area contributed by atoms with Crippen molar-refractivity contribution in [2.45, 2.75) is 38.3 Å². The van der Waals surface area contributed by atoms with E-state index in [-0.39, 0.29) is 0 Å². The van der Waals surface area contributed by atoms with Crippen molar-refractivity contribution in [1.82, 2.24) is 15.5 Å². The summed E-state index contributed by atoms with van der Waals surface area (Å²) in [6.45, 7) is 5.66. The van der Waals surface area contributed by atoms with Crippen molar-refractivity contribution in [3.63, 3.8) is 0 Å². The molecular weight excluding hydrogens is 348 g/mol. The molecule has 0 unspecified atom stereocenters. The van der Waals surface area contributed by atoms with Crippen LogP contribution in [0.2, 0.25) is 5.02 Å². The molecule has 144 valence electrons. The quantitative estimate of drug-likeness (QED) is 0.415. The zero-order valence-corrected chi connectivity index (χ0v) is 16.5. The maximum atomic E-state index is 5.96. The fraction of sp³-hybridized carbons (Fsp3) is 0.650. The van der Waals surface area contributed by atoms with Crippen LogP contribution in [0.15, 0.2) is 29.3 Å². The second kappa shape index (κ2) is 10.1. The number of likely N-dealkylation sites (tertiary alicyclic amines) is 1. The predicted molar refractivity (Wildman–Crippen MR) is 108 cm³/mol. The van der Waals surface area contributed by atoms with Crippen molar-refractivity contribution in [3.05, 3.63) is 34.9 Å². The average molecular weight is 379 g/mol. The van der Waals surface area contributed by atoms with E-state index < -0.39 is 0 Å². The maximum Gasteiger partial charge on any atom is 0.191 e. The molecule has 1 heterocycles. The maximum absolute atomic E-state index is 5.96. The number of guanidine groups is 1. The highest BCUT2D eigenvalue weighted by atomic mass is 35.5. The summed E-state index contributed by atoms with van der Waals surface area (Å²) in [6.07, 6.45) is 4.94. The molecule has 6 heteroatoms. The van der Waals surface area contributed by atoms with Crippen LogP contribution < -0.4 is 10.6 Å². The molecule has 0 aromatic heterocycles. The summed E-state index contributed by atoms with van der Waals surface area (Å²) in [4.78, 5) is 6.84. The lowest BCUT2D eigenvalue weighted by Gasteiger charge is -2.33. The first-order chi connectivity index (χ1) is 12.7. The molecule has 1 saturated carbocycles. The molecule has 1 aromatic rings. The molecule has 1 aliphatic heterocycles. The predicted octanol–water partition coefficient (Wildman–Crippen LogP) is 2.90. The molecule has 0 atom stereocenters. The van der Waals surface area contributed by atoms with Gasteiger partial charge >= 0.3 is 0 Å². The molecule has 1 saturated heterocycles. The summed E-state index contributed by atoms with van der Waals surface area (Å²) in [7, 11) is 1.83. The van der Waals surface area contributed by atoms with Crippen molar-refractivity contribution >= 4 is 17.6 Å². The highest BCUT2D eigenvalue weighted by Gasteiger charge is 2.21. The Balaban J connectivity index is 1.30. The van der Waals surface area contributed by atoms with E-state index in [1.54, 1.807) is 0 Å². The fourth-order valence-electron chi connectivity index (χ4n) is 3.25. The molecule has 0 radical (unpaired) electrons. The van der Waals surface area contributed by atoms with E-state index in [1.165, 1.54) is 18.4 Å². The van der Waals surface area contributed by atoms with Crippen LogP contribution in [0.25, 0.3) is 0 Å². The van der Waals surface area contributed by atoms with Crippen LogP contribution in [0.5, 0.6) is 0 Å². The number of ether oxygens (including phenoxy) is 1. The van der Waals surface area contributed by atoms with Crippen LogP contribution in [0, 0.1) is 5.92 Å². The Morgan fingerprint density at radius 2 is 1.92 bits per heavy atom. The summed E-state index contributed by atoms with van der Waals surface area (Å²) >= 11 is 5.96. The van der Waals surface area contributed by atoms with Gasteiger partial charge in [0.25, 0.3) is 0 Å². The first kappa shape index (κ1) is 19.5. The first-order valence-corrected chi connectivity index (χ1v) is 10.1. The Morgan fingerprint density at radius 1 is 1.19 bits per heavy atom. The Bertz CT molecular complexity index is 566. The molecule has 1 aliphatic carbocycles. The molecule has 26 heavy (non-hydrogen) atoms. The van der Waals surface area contributed by atoms with E-state index in [9.17, 15) is 0 Å². The minimum absolute atomic E-state index is 0.482. The SMILES string of the molecule is CN=C(NCCOCC1CC1)NC1CCN(Cc2ccc(Cl)cc2)CC1. The number of nitrogens with one attached hydrogen (secondary N) is 2. The van der Waals surface area contributed by atoms with Gasteiger partial charge in [0.1, 0.15) is 0 Å². The Labute approximate surface area is 162 Å². The van der Waals surface area contributed by atoms with Crippen LogP contribution in [0.1, 0.15) is 31.2 Å². The van der Waals surface area contributed by atoms with Crippen molar-refractivity contribution in [2.24, 2.45) is 10.9 Å².